The Bertz CT molecular complexity index is 651. The van der Waals surface area contributed by atoms with E-state index in [1.165, 1.54) is 4.31 Å². The van der Waals surface area contributed by atoms with Crippen molar-refractivity contribution in [3.63, 3.8) is 0 Å². The molecule has 0 aliphatic rings. The van der Waals surface area contributed by atoms with Gasteiger partial charge in [-0.25, -0.2) is 8.42 Å². The summed E-state index contributed by atoms with van der Waals surface area (Å²) in [4.78, 5) is 0.300. The van der Waals surface area contributed by atoms with Crippen molar-refractivity contribution >= 4 is 10.0 Å². The highest BCUT2D eigenvalue weighted by atomic mass is 32.2. The lowest BCUT2D eigenvalue weighted by Crippen LogP contribution is -2.26. The van der Waals surface area contributed by atoms with Crippen LogP contribution in [0.3, 0.4) is 0 Å². The van der Waals surface area contributed by atoms with E-state index in [9.17, 15) is 8.42 Å². The van der Waals surface area contributed by atoms with Crippen LogP contribution >= 0.6 is 0 Å². The molecule has 1 aromatic heterocycles. The van der Waals surface area contributed by atoms with Crippen molar-refractivity contribution in [1.29, 1.82) is 0 Å². The van der Waals surface area contributed by atoms with Gasteiger partial charge in [0.05, 0.1) is 11.1 Å². The fourth-order valence-corrected chi connectivity index (χ4v) is 3.09. The van der Waals surface area contributed by atoms with Gasteiger partial charge in [0, 0.05) is 31.9 Å². The molecule has 2 N–H and O–H groups in total. The van der Waals surface area contributed by atoms with Gasteiger partial charge >= 0.3 is 0 Å². The molecule has 0 fully saturated rings. The van der Waals surface area contributed by atoms with Gasteiger partial charge in [-0.1, -0.05) is 19.1 Å². The van der Waals surface area contributed by atoms with Crippen LogP contribution in [0.25, 0.3) is 0 Å². The summed E-state index contributed by atoms with van der Waals surface area (Å²) in [5.74, 6) is 0. The predicted octanol–water partition coefficient (Wildman–Crippen LogP) is 1.34. The van der Waals surface area contributed by atoms with Crippen LogP contribution in [0, 0.1) is 0 Å². The number of aromatic nitrogens is 2. The van der Waals surface area contributed by atoms with Gasteiger partial charge in [0.15, 0.2) is 0 Å². The molecule has 0 aliphatic carbocycles. The van der Waals surface area contributed by atoms with E-state index in [4.69, 9.17) is 0 Å². The first-order valence-electron chi connectivity index (χ1n) is 6.77. The maximum atomic E-state index is 12.5. The smallest absolute Gasteiger partial charge is 0.243 e. The third-order valence-electron chi connectivity index (χ3n) is 3.17. The minimum Gasteiger partial charge on any atom is -0.313 e. The minimum absolute atomic E-state index is 0.290. The molecule has 7 heteroatoms. The van der Waals surface area contributed by atoms with E-state index in [-0.39, 0.29) is 6.54 Å². The van der Waals surface area contributed by atoms with Gasteiger partial charge < -0.3 is 5.32 Å². The van der Waals surface area contributed by atoms with Gasteiger partial charge in [-0.15, -0.1) is 0 Å². The summed E-state index contributed by atoms with van der Waals surface area (Å²) in [6.45, 7) is 3.94. The van der Waals surface area contributed by atoms with Gasteiger partial charge in [-0.05, 0) is 24.2 Å². The SMILES string of the molecule is CCNCc1ccc(S(=O)(=O)N(C)Cc2cn[nH]c2)cc1. The standard InChI is InChI=1S/C14H20N4O2S/c1-3-15-8-12-4-6-14(7-5-12)21(19,20)18(2)11-13-9-16-17-10-13/h4-7,9-10,15H,3,8,11H2,1-2H3,(H,16,17). The molecular weight excluding hydrogens is 288 g/mol. The van der Waals surface area contributed by atoms with E-state index in [2.05, 4.69) is 15.5 Å². The fraction of sp³-hybridized carbons (Fsp3) is 0.357. The monoisotopic (exact) mass is 308 g/mol. The van der Waals surface area contributed by atoms with E-state index < -0.39 is 10.0 Å². The summed E-state index contributed by atoms with van der Waals surface area (Å²) in [5, 5.41) is 9.70. The highest BCUT2D eigenvalue weighted by Crippen LogP contribution is 2.17. The second-order valence-corrected chi connectivity index (χ2v) is 6.84. The first-order valence-corrected chi connectivity index (χ1v) is 8.21. The van der Waals surface area contributed by atoms with Crippen molar-refractivity contribution < 1.29 is 8.42 Å². The Hall–Kier alpha value is -1.70. The summed E-state index contributed by atoms with van der Waals surface area (Å²) >= 11 is 0. The lowest BCUT2D eigenvalue weighted by atomic mass is 10.2. The van der Waals surface area contributed by atoms with Crippen LogP contribution in [-0.2, 0) is 23.1 Å². The van der Waals surface area contributed by atoms with Gasteiger partial charge in [0.25, 0.3) is 0 Å². The van der Waals surface area contributed by atoms with E-state index in [1.807, 2.05) is 19.1 Å². The minimum atomic E-state index is -3.48. The first kappa shape index (κ1) is 15.7. The van der Waals surface area contributed by atoms with Gasteiger partial charge in [-0.3, -0.25) is 5.10 Å². The quantitative estimate of drug-likeness (QED) is 0.809. The Kier molecular flexibility index (Phi) is 5.11. The molecule has 0 atom stereocenters. The Morgan fingerprint density at radius 3 is 2.52 bits per heavy atom. The predicted molar refractivity (Wildman–Crippen MR) is 81.1 cm³/mol. The summed E-state index contributed by atoms with van der Waals surface area (Å²) < 4.78 is 26.2. The maximum Gasteiger partial charge on any atom is 0.243 e. The molecule has 0 amide bonds. The van der Waals surface area contributed by atoms with Crippen molar-refractivity contribution in [2.24, 2.45) is 0 Å². The number of hydrogen-bond donors (Lipinski definition) is 2. The van der Waals surface area contributed by atoms with Gasteiger partial charge in [0.2, 0.25) is 10.0 Å². The number of H-pyrrole nitrogens is 1. The molecule has 114 valence electrons. The van der Waals surface area contributed by atoms with Crippen LogP contribution in [0.2, 0.25) is 0 Å². The van der Waals surface area contributed by atoms with Crippen LogP contribution in [0.1, 0.15) is 18.1 Å². The van der Waals surface area contributed by atoms with Crippen molar-refractivity contribution in [1.82, 2.24) is 19.8 Å². The third-order valence-corrected chi connectivity index (χ3v) is 4.99. The molecule has 2 rings (SSSR count). The molecular formula is C14H20N4O2S. The van der Waals surface area contributed by atoms with E-state index in [0.29, 0.717) is 4.90 Å². The third kappa shape index (κ3) is 3.90. The van der Waals surface area contributed by atoms with Crippen LogP contribution < -0.4 is 5.32 Å². The van der Waals surface area contributed by atoms with Crippen molar-refractivity contribution in [3.05, 3.63) is 47.8 Å². The molecule has 0 saturated carbocycles. The van der Waals surface area contributed by atoms with E-state index >= 15 is 0 Å². The second kappa shape index (κ2) is 6.84. The number of sulfonamides is 1. The number of nitrogens with one attached hydrogen (secondary N) is 2. The first-order chi connectivity index (χ1) is 10.0. The average Bonchev–Trinajstić information content (AvgIpc) is 2.98. The Balaban J connectivity index is 2.11. The van der Waals surface area contributed by atoms with Gasteiger partial charge in [-0.2, -0.15) is 9.40 Å². The Labute approximate surface area is 125 Å². The molecule has 1 heterocycles. The summed E-state index contributed by atoms with van der Waals surface area (Å²) in [7, 11) is -1.92. The van der Waals surface area contributed by atoms with E-state index in [1.54, 1.807) is 31.6 Å². The number of aromatic amines is 1. The zero-order valence-corrected chi connectivity index (χ0v) is 13.0. The highest BCUT2D eigenvalue weighted by Gasteiger charge is 2.20. The molecule has 0 aliphatic heterocycles. The number of nitrogens with zero attached hydrogens (tertiary/aromatic N) is 2. The number of hydrogen-bond acceptors (Lipinski definition) is 4. The number of benzene rings is 1. The molecule has 0 spiro atoms. The van der Waals surface area contributed by atoms with Crippen LogP contribution in [-0.4, -0.2) is 36.5 Å². The topological polar surface area (TPSA) is 78.1 Å². The highest BCUT2D eigenvalue weighted by molar-refractivity contribution is 7.89. The Morgan fingerprint density at radius 1 is 1.24 bits per heavy atom. The molecule has 6 nitrogen and oxygen atoms in total. The normalized spacial score (nSPS) is 12.0. The Morgan fingerprint density at radius 2 is 1.95 bits per heavy atom. The maximum absolute atomic E-state index is 12.5. The fourth-order valence-electron chi connectivity index (χ4n) is 1.93. The van der Waals surface area contributed by atoms with Gasteiger partial charge in [0.1, 0.15) is 0 Å². The number of rotatable bonds is 7. The molecule has 1 aromatic carbocycles. The molecule has 21 heavy (non-hydrogen) atoms. The van der Waals surface area contributed by atoms with Crippen molar-refractivity contribution in [3.8, 4) is 0 Å². The largest absolute Gasteiger partial charge is 0.313 e. The lowest BCUT2D eigenvalue weighted by Gasteiger charge is -2.16. The van der Waals surface area contributed by atoms with Crippen LogP contribution in [0.5, 0.6) is 0 Å². The zero-order chi connectivity index (χ0) is 15.3. The average molecular weight is 308 g/mol. The van der Waals surface area contributed by atoms with E-state index in [0.717, 1.165) is 24.2 Å². The van der Waals surface area contributed by atoms with Crippen molar-refractivity contribution in [2.75, 3.05) is 13.6 Å². The van der Waals surface area contributed by atoms with Crippen LogP contribution in [0.4, 0.5) is 0 Å². The second-order valence-electron chi connectivity index (χ2n) is 4.79. The molecule has 0 saturated heterocycles. The van der Waals surface area contributed by atoms with Crippen LogP contribution in [0.15, 0.2) is 41.6 Å². The molecule has 0 bridgehead atoms. The van der Waals surface area contributed by atoms with Crippen molar-refractivity contribution in [2.45, 2.75) is 24.9 Å². The molecule has 0 unspecified atom stereocenters. The molecule has 2 aromatic rings. The summed E-state index contributed by atoms with van der Waals surface area (Å²) in [6.07, 6.45) is 3.30. The summed E-state index contributed by atoms with van der Waals surface area (Å²) in [5.41, 5.74) is 1.89. The summed E-state index contributed by atoms with van der Waals surface area (Å²) in [6, 6.07) is 6.96. The lowest BCUT2D eigenvalue weighted by molar-refractivity contribution is 0.467. The molecule has 0 radical (unpaired) electrons. The zero-order valence-electron chi connectivity index (χ0n) is 12.2.